The maximum absolute atomic E-state index is 13.8. The molecule has 15 rings (SSSR count). The van der Waals surface area contributed by atoms with Crippen LogP contribution in [0.2, 0.25) is 15.7 Å². The summed E-state index contributed by atoms with van der Waals surface area (Å²) in [6.45, 7) is 18.7. The summed E-state index contributed by atoms with van der Waals surface area (Å²) in [5.41, 5.74) is 5.99. The van der Waals surface area contributed by atoms with Crippen molar-refractivity contribution in [3.63, 3.8) is 0 Å². The molecule has 1 aromatic carbocycles. The fourth-order valence-electron chi connectivity index (χ4n) is 10.4. The first kappa shape index (κ1) is 84.5. The summed E-state index contributed by atoms with van der Waals surface area (Å²) in [7, 11) is 0. The zero-order chi connectivity index (χ0) is 78.5. The summed E-state index contributed by atoms with van der Waals surface area (Å²) in [6.07, 6.45) is 20.5. The van der Waals surface area contributed by atoms with E-state index in [1.807, 2.05) is 41.5 Å². The minimum atomic E-state index is -0.666. The number of aliphatic hydroxyl groups excluding tert-OH is 1. The van der Waals surface area contributed by atoms with Crippen molar-refractivity contribution in [1.82, 2.24) is 69.9 Å². The summed E-state index contributed by atoms with van der Waals surface area (Å²) < 4.78 is 98.0. The van der Waals surface area contributed by atoms with Gasteiger partial charge in [0.15, 0.2) is 11.0 Å². The third-order valence-corrected chi connectivity index (χ3v) is 17.4. The van der Waals surface area contributed by atoms with Gasteiger partial charge in [-0.25, -0.2) is 43.9 Å². The number of aromatic nitrogens is 10. The fourth-order valence-corrected chi connectivity index (χ4v) is 10.8. The molecule has 4 atom stereocenters. The van der Waals surface area contributed by atoms with Gasteiger partial charge >= 0.3 is 12.2 Å². The number of nitrogens with zero attached hydrogens (tertiary/aromatic N) is 13. The number of anilines is 2. The Bertz CT molecular complexity index is 3990. The third-order valence-electron chi connectivity index (χ3n) is 16.8. The maximum Gasteiger partial charge on any atom is 0.410 e. The van der Waals surface area contributed by atoms with E-state index in [9.17, 15) is 41.1 Å². The van der Waals surface area contributed by atoms with Gasteiger partial charge in [-0.2, -0.15) is 37.5 Å². The fraction of sp³-hybridized carbons (Fsp3) is 0.589. The molecule has 5 aliphatic carbocycles. The minimum Gasteiger partial charge on any atom is -0.472 e. The molecule has 0 bridgehead atoms. The summed E-state index contributed by atoms with van der Waals surface area (Å²) >= 11 is 15.9. The lowest BCUT2D eigenvalue weighted by molar-refractivity contribution is -0.115. The van der Waals surface area contributed by atoms with E-state index in [1.54, 1.807) is 45.9 Å². The molecule has 594 valence electrons. The van der Waals surface area contributed by atoms with E-state index in [0.29, 0.717) is 80.3 Å². The number of benzene rings is 1. The Labute approximate surface area is 644 Å². The van der Waals surface area contributed by atoms with Gasteiger partial charge in [-0.05, 0) is 204 Å². The molecule has 28 nitrogen and oxygen atoms in total. The topological polar surface area (TPSA) is 345 Å². The van der Waals surface area contributed by atoms with Crippen molar-refractivity contribution in [3.8, 4) is 23.5 Å². The van der Waals surface area contributed by atoms with Gasteiger partial charge < -0.3 is 69.9 Å². The largest absolute Gasteiger partial charge is 0.472 e. The molecule has 6 aromatic rings. The number of hydrogen-bond donors (Lipinski definition) is 5. The van der Waals surface area contributed by atoms with Crippen molar-refractivity contribution in [2.45, 2.75) is 211 Å². The number of hydrogen-bond acceptors (Lipinski definition) is 24. The standard InChI is InChI=1S/C21H24FN5O3.C17H24FN3O3.C12H16FN3O.C9H18N2O2.C7H6ClFN2O.C4HCl2FN2.C3H6O/c1-2-18(28)24-14-5-3-13(4-6-14)20(29)27-10-9-15(12-27)25-21-23-11-17(22)19(26-21)30-16-7-8-16;1-17(2,3)24-16(22)21-7-6-11(10-21)8-14-19-9-13(18)15(20-14)23-12-4-5-12;13-10-7-15-11(5-8-3-4-14-6-8)16-12(10)17-9-1-2-9;1-9(2,3)13-8(12)11-5-4-7(10)6-11;8-7-10-3-5(9)6(11-7)12-4-1-2-4;5-3-2(7)1-8-4(6)9-3;4-3-1-2-3/h3-6,11,15-16H,2,7-10,12H2,1H3,(H,24,28)(H,23,25,26);9,11-12H,4-8,10H2,1-3H3;7-9,14H,1-6H2;7H,4-6,10H2,1-3H3;3-4H,1-2H2;1H;3-4H,1-2H2/t15-;11-;8-;7-;;;/m1001.../s1. The summed E-state index contributed by atoms with van der Waals surface area (Å²) in [5.74, 6) is -0.477. The molecule has 0 spiro atoms. The summed E-state index contributed by atoms with van der Waals surface area (Å²) in [4.78, 5) is 91.2. The molecule has 0 radical (unpaired) electrons. The number of nitrogens with one attached hydrogen (secondary N) is 3. The van der Waals surface area contributed by atoms with Gasteiger partial charge in [0.25, 0.3) is 29.4 Å². The number of halogens is 8. The molecule has 4 aliphatic heterocycles. The number of carbonyl (C=O) groups is 4. The van der Waals surface area contributed by atoms with Crippen molar-refractivity contribution in [1.29, 1.82) is 0 Å². The molecule has 9 heterocycles. The maximum atomic E-state index is 13.8. The first-order valence-corrected chi connectivity index (χ1v) is 37.8. The van der Waals surface area contributed by atoms with Crippen LogP contribution in [0.4, 0.5) is 43.2 Å². The molecule has 36 heteroatoms. The van der Waals surface area contributed by atoms with Crippen LogP contribution in [0.15, 0.2) is 55.2 Å². The number of rotatable bonds is 17. The van der Waals surface area contributed by atoms with E-state index >= 15 is 0 Å². The van der Waals surface area contributed by atoms with Crippen LogP contribution >= 0.6 is 34.8 Å². The monoisotopic (exact) mass is 1590 g/mol. The average molecular weight is 1590 g/mol. The minimum absolute atomic E-state index is 0.00653. The van der Waals surface area contributed by atoms with Gasteiger partial charge in [0.05, 0.1) is 37.1 Å². The first-order chi connectivity index (χ1) is 51.8. The van der Waals surface area contributed by atoms with Crippen LogP contribution in [0.25, 0.3) is 0 Å². The van der Waals surface area contributed by atoms with Crippen LogP contribution in [-0.4, -0.2) is 200 Å². The number of amides is 4. The lowest BCUT2D eigenvalue weighted by Gasteiger charge is -2.24. The summed E-state index contributed by atoms with van der Waals surface area (Å²) in [5, 5.41) is 17.1. The van der Waals surface area contributed by atoms with Gasteiger partial charge in [-0.1, -0.05) is 18.5 Å². The van der Waals surface area contributed by atoms with E-state index in [4.69, 9.17) is 74.1 Å². The predicted molar refractivity (Wildman–Crippen MR) is 393 cm³/mol. The predicted octanol–water partition coefficient (Wildman–Crippen LogP) is 11.9. The van der Waals surface area contributed by atoms with Gasteiger partial charge in [0.2, 0.25) is 45.7 Å². The molecule has 9 fully saturated rings. The number of carbonyl (C=O) groups excluding carboxylic acids is 4. The Morgan fingerprint density at radius 3 is 1.44 bits per heavy atom. The molecule has 4 amide bonds. The van der Waals surface area contributed by atoms with Crippen LogP contribution in [0.5, 0.6) is 23.5 Å². The van der Waals surface area contributed by atoms with Crippen LogP contribution < -0.4 is 40.6 Å². The highest BCUT2D eigenvalue weighted by molar-refractivity contribution is 6.31. The molecule has 4 saturated heterocycles. The van der Waals surface area contributed by atoms with Crippen molar-refractivity contribution in [3.05, 3.63) is 117 Å². The Balaban J connectivity index is 0.000000155. The smallest absolute Gasteiger partial charge is 0.410 e. The van der Waals surface area contributed by atoms with Crippen LogP contribution in [0.3, 0.4) is 0 Å². The molecular formula is C73H95Cl3F5N17O11. The molecule has 9 aliphatic rings. The Morgan fingerprint density at radius 1 is 0.541 bits per heavy atom. The SMILES string of the molecule is CC(C)(C)OC(=O)N1CC[C@@H](Cc2ncc(F)c(OC3CC3)n2)C1.CC(C)(C)OC(=O)N1CC[C@@H](N)C1.CCC(=O)Nc1ccc(C(=O)N2CC[C@@H](Nc3ncc(F)c(OC4CC4)n3)C2)cc1.Fc1cnc(C[C@@H]2CCNC2)nc1OC1CC1.Fc1cnc(Cl)nc1Cl.Fc1cnc(Cl)nc1OC1CC1.OC1CC1. The third kappa shape index (κ3) is 30.7. The van der Waals surface area contributed by atoms with Crippen LogP contribution in [0.1, 0.15) is 167 Å². The van der Waals surface area contributed by atoms with Crippen LogP contribution in [-0.2, 0) is 27.1 Å². The van der Waals surface area contributed by atoms with Crippen molar-refractivity contribution in [2.75, 3.05) is 63.0 Å². The highest BCUT2D eigenvalue weighted by Crippen LogP contribution is 2.32. The molecule has 5 saturated carbocycles. The number of aliphatic hydroxyl groups is 1. The van der Waals surface area contributed by atoms with Gasteiger partial charge in [-0.3, -0.25) is 9.59 Å². The number of likely N-dealkylation sites (tertiary alicyclic amines) is 3. The van der Waals surface area contributed by atoms with E-state index in [0.717, 1.165) is 135 Å². The average Bonchev–Trinajstić information content (AvgIpc) is 1.83. The van der Waals surface area contributed by atoms with Crippen molar-refractivity contribution in [2.24, 2.45) is 17.6 Å². The second-order valence-electron chi connectivity index (χ2n) is 29.5. The Kier molecular flexibility index (Phi) is 31.0. The van der Waals surface area contributed by atoms with Gasteiger partial charge in [0.1, 0.15) is 47.3 Å². The lowest BCUT2D eigenvalue weighted by Crippen LogP contribution is -2.36. The Morgan fingerprint density at radius 2 is 0.991 bits per heavy atom. The van der Waals surface area contributed by atoms with E-state index < -0.39 is 40.3 Å². The quantitative estimate of drug-likeness (QED) is 0.0322. The molecule has 5 aromatic heterocycles. The van der Waals surface area contributed by atoms with Crippen molar-refractivity contribution < 1.29 is 74.7 Å². The van der Waals surface area contributed by atoms with E-state index in [2.05, 4.69) is 65.8 Å². The zero-order valence-electron chi connectivity index (χ0n) is 62.0. The number of ether oxygens (including phenoxy) is 6. The highest BCUT2D eigenvalue weighted by Gasteiger charge is 2.35. The lowest BCUT2D eigenvalue weighted by atomic mass is 10.0. The number of nitrogens with two attached hydrogens (primary N) is 1. The molecule has 6 N–H and O–H groups in total. The first-order valence-electron chi connectivity index (χ1n) is 36.7. The zero-order valence-corrected chi connectivity index (χ0v) is 64.3. The normalized spacial score (nSPS) is 19.7. The van der Waals surface area contributed by atoms with E-state index in [1.165, 1.54) is 12.4 Å². The van der Waals surface area contributed by atoms with Crippen molar-refractivity contribution >= 4 is 70.4 Å². The second-order valence-corrected chi connectivity index (χ2v) is 30.5. The Hall–Kier alpha value is -8.50. The summed E-state index contributed by atoms with van der Waals surface area (Å²) in [6, 6.07) is 6.95. The van der Waals surface area contributed by atoms with Gasteiger partial charge in [-0.15, -0.1) is 0 Å². The van der Waals surface area contributed by atoms with Gasteiger partial charge in [0, 0.05) is 81.9 Å². The molecule has 109 heavy (non-hydrogen) atoms. The van der Waals surface area contributed by atoms with Crippen LogP contribution in [0, 0.1) is 40.9 Å². The molecular weight excluding hydrogens is 1490 g/mol. The second kappa shape index (κ2) is 39.9. The highest BCUT2D eigenvalue weighted by atomic mass is 35.5. The molecule has 0 unspecified atom stereocenters. The van der Waals surface area contributed by atoms with E-state index in [-0.39, 0.29) is 112 Å².